The SMILES string of the molecule is CCc1nnc(SCC(=O)Nc2ccc(F)c(C(=O)OC)c2)o1. The van der Waals surface area contributed by atoms with E-state index in [1.807, 2.05) is 6.92 Å². The lowest BCUT2D eigenvalue weighted by molar-refractivity contribution is -0.113. The molecule has 0 fully saturated rings. The molecule has 1 N–H and O–H groups in total. The van der Waals surface area contributed by atoms with E-state index in [4.69, 9.17) is 4.42 Å². The van der Waals surface area contributed by atoms with E-state index in [2.05, 4.69) is 20.3 Å². The van der Waals surface area contributed by atoms with Crippen molar-refractivity contribution in [2.24, 2.45) is 0 Å². The number of methoxy groups -OCH3 is 1. The van der Waals surface area contributed by atoms with Crippen molar-refractivity contribution in [1.82, 2.24) is 10.2 Å². The van der Waals surface area contributed by atoms with E-state index < -0.39 is 11.8 Å². The van der Waals surface area contributed by atoms with E-state index in [-0.39, 0.29) is 22.9 Å². The number of rotatable bonds is 6. The molecule has 0 saturated carbocycles. The van der Waals surface area contributed by atoms with Gasteiger partial charge in [0, 0.05) is 12.1 Å². The molecule has 0 aliphatic heterocycles. The smallest absolute Gasteiger partial charge is 0.340 e. The number of hydrogen-bond donors (Lipinski definition) is 1. The van der Waals surface area contributed by atoms with E-state index in [1.54, 1.807) is 0 Å². The maximum Gasteiger partial charge on any atom is 0.340 e. The van der Waals surface area contributed by atoms with Gasteiger partial charge in [-0.15, -0.1) is 10.2 Å². The van der Waals surface area contributed by atoms with Gasteiger partial charge >= 0.3 is 5.97 Å². The summed E-state index contributed by atoms with van der Waals surface area (Å²) in [6, 6.07) is 3.65. The molecular formula is C14H14FN3O4S. The molecule has 2 aromatic rings. The number of nitrogens with one attached hydrogen (secondary N) is 1. The minimum Gasteiger partial charge on any atom is -0.465 e. The van der Waals surface area contributed by atoms with Gasteiger partial charge in [-0.05, 0) is 18.2 Å². The van der Waals surface area contributed by atoms with Crippen LogP contribution >= 0.6 is 11.8 Å². The number of thioether (sulfide) groups is 1. The van der Waals surface area contributed by atoms with Crippen molar-refractivity contribution in [3.8, 4) is 0 Å². The van der Waals surface area contributed by atoms with Crippen LogP contribution in [0.15, 0.2) is 27.8 Å². The highest BCUT2D eigenvalue weighted by atomic mass is 32.2. The molecule has 0 spiro atoms. The molecule has 2 rings (SSSR count). The van der Waals surface area contributed by atoms with E-state index in [9.17, 15) is 14.0 Å². The topological polar surface area (TPSA) is 94.3 Å². The quantitative estimate of drug-likeness (QED) is 0.637. The Labute approximate surface area is 135 Å². The van der Waals surface area contributed by atoms with Crippen LogP contribution < -0.4 is 5.32 Å². The van der Waals surface area contributed by atoms with E-state index in [0.29, 0.717) is 17.5 Å². The zero-order chi connectivity index (χ0) is 16.8. The number of aromatic nitrogens is 2. The van der Waals surface area contributed by atoms with Crippen LogP contribution in [0, 0.1) is 5.82 Å². The first kappa shape index (κ1) is 16.9. The summed E-state index contributed by atoms with van der Waals surface area (Å²) in [7, 11) is 1.15. The van der Waals surface area contributed by atoms with Gasteiger partial charge < -0.3 is 14.5 Å². The predicted molar refractivity (Wildman–Crippen MR) is 80.8 cm³/mol. The summed E-state index contributed by atoms with van der Waals surface area (Å²) in [6.07, 6.45) is 0.617. The largest absolute Gasteiger partial charge is 0.465 e. The predicted octanol–water partition coefficient (Wildman–Crippen LogP) is 2.29. The van der Waals surface area contributed by atoms with Gasteiger partial charge in [0.05, 0.1) is 18.4 Å². The first-order valence-corrected chi connectivity index (χ1v) is 7.65. The van der Waals surface area contributed by atoms with Gasteiger partial charge in [0.15, 0.2) is 0 Å². The molecule has 0 saturated heterocycles. The molecule has 1 aromatic heterocycles. The Hall–Kier alpha value is -2.42. The van der Waals surface area contributed by atoms with E-state index in [0.717, 1.165) is 24.9 Å². The van der Waals surface area contributed by atoms with Crippen molar-refractivity contribution in [3.63, 3.8) is 0 Å². The third-order valence-electron chi connectivity index (χ3n) is 2.73. The van der Waals surface area contributed by atoms with Crippen molar-refractivity contribution >= 4 is 29.3 Å². The number of halogens is 1. The van der Waals surface area contributed by atoms with Gasteiger partial charge in [-0.3, -0.25) is 4.79 Å². The maximum atomic E-state index is 13.5. The summed E-state index contributed by atoms with van der Waals surface area (Å²) in [5.74, 6) is -1.35. The third kappa shape index (κ3) is 4.52. The normalized spacial score (nSPS) is 10.4. The lowest BCUT2D eigenvalue weighted by Gasteiger charge is -2.07. The highest BCUT2D eigenvalue weighted by Gasteiger charge is 2.14. The second-order valence-corrected chi connectivity index (χ2v) is 5.26. The Morgan fingerprint density at radius 2 is 2.17 bits per heavy atom. The number of benzene rings is 1. The van der Waals surface area contributed by atoms with Crippen LogP contribution in [0.4, 0.5) is 10.1 Å². The van der Waals surface area contributed by atoms with Crippen molar-refractivity contribution in [2.75, 3.05) is 18.2 Å². The third-order valence-corrected chi connectivity index (χ3v) is 3.55. The highest BCUT2D eigenvalue weighted by Crippen LogP contribution is 2.18. The fraction of sp³-hybridized carbons (Fsp3) is 0.286. The maximum absolute atomic E-state index is 13.5. The molecule has 0 bridgehead atoms. The van der Waals surface area contributed by atoms with Crippen molar-refractivity contribution in [3.05, 3.63) is 35.5 Å². The molecule has 1 aromatic carbocycles. The average molecular weight is 339 g/mol. The number of hydrogen-bond acceptors (Lipinski definition) is 7. The van der Waals surface area contributed by atoms with Crippen LogP contribution in [0.25, 0.3) is 0 Å². The monoisotopic (exact) mass is 339 g/mol. The van der Waals surface area contributed by atoms with Crippen LogP contribution in [-0.2, 0) is 16.0 Å². The number of carbonyl (C=O) groups is 2. The van der Waals surface area contributed by atoms with E-state index >= 15 is 0 Å². The molecule has 0 aliphatic rings. The van der Waals surface area contributed by atoms with Crippen LogP contribution in [0.2, 0.25) is 0 Å². The Bertz CT molecular complexity index is 720. The number of carbonyl (C=O) groups excluding carboxylic acids is 2. The zero-order valence-electron chi connectivity index (χ0n) is 12.5. The Kier molecular flexibility index (Phi) is 5.69. The molecule has 23 heavy (non-hydrogen) atoms. The molecular weight excluding hydrogens is 325 g/mol. The van der Waals surface area contributed by atoms with Crippen molar-refractivity contribution in [1.29, 1.82) is 0 Å². The number of amides is 1. The van der Waals surface area contributed by atoms with Crippen molar-refractivity contribution in [2.45, 2.75) is 18.6 Å². The van der Waals surface area contributed by atoms with Crippen molar-refractivity contribution < 1.29 is 23.1 Å². The summed E-state index contributed by atoms with van der Waals surface area (Å²) in [4.78, 5) is 23.3. The molecule has 1 heterocycles. The highest BCUT2D eigenvalue weighted by molar-refractivity contribution is 7.99. The lowest BCUT2D eigenvalue weighted by atomic mass is 10.2. The summed E-state index contributed by atoms with van der Waals surface area (Å²) >= 11 is 1.08. The van der Waals surface area contributed by atoms with E-state index in [1.165, 1.54) is 12.1 Å². The summed E-state index contributed by atoms with van der Waals surface area (Å²) in [5.41, 5.74) is 0.0413. The van der Waals surface area contributed by atoms with Gasteiger partial charge in [-0.25, -0.2) is 9.18 Å². The van der Waals surface area contributed by atoms with Crippen LogP contribution in [0.5, 0.6) is 0 Å². The average Bonchev–Trinajstić information content (AvgIpc) is 3.02. The van der Waals surface area contributed by atoms with Crippen LogP contribution in [0.1, 0.15) is 23.2 Å². The summed E-state index contributed by atoms with van der Waals surface area (Å²) < 4.78 is 23.2. The fourth-order valence-corrected chi connectivity index (χ4v) is 2.21. The van der Waals surface area contributed by atoms with Crippen LogP contribution in [-0.4, -0.2) is 34.9 Å². The second-order valence-electron chi connectivity index (χ2n) is 4.34. The molecule has 0 radical (unpaired) electrons. The van der Waals surface area contributed by atoms with Crippen LogP contribution in [0.3, 0.4) is 0 Å². The number of nitrogens with zero attached hydrogens (tertiary/aromatic N) is 2. The number of ether oxygens (including phenoxy) is 1. The minimum atomic E-state index is -0.814. The number of aryl methyl sites for hydroxylation is 1. The molecule has 0 unspecified atom stereocenters. The van der Waals surface area contributed by atoms with Gasteiger partial charge in [-0.2, -0.15) is 0 Å². The Morgan fingerprint density at radius 3 is 2.83 bits per heavy atom. The first-order valence-electron chi connectivity index (χ1n) is 6.66. The molecule has 0 aliphatic carbocycles. The van der Waals surface area contributed by atoms with Gasteiger partial charge in [-0.1, -0.05) is 18.7 Å². The Morgan fingerprint density at radius 1 is 1.39 bits per heavy atom. The molecule has 9 heteroatoms. The molecule has 1 amide bonds. The molecule has 0 atom stereocenters. The van der Waals surface area contributed by atoms with Gasteiger partial charge in [0.1, 0.15) is 5.82 Å². The standard InChI is InChI=1S/C14H14FN3O4S/c1-3-12-17-18-14(22-12)23-7-11(19)16-8-4-5-10(15)9(6-8)13(20)21-2/h4-6H,3,7H2,1-2H3,(H,16,19). The van der Waals surface area contributed by atoms with Gasteiger partial charge in [0.25, 0.3) is 5.22 Å². The molecule has 122 valence electrons. The summed E-state index contributed by atoms with van der Waals surface area (Å²) in [6.45, 7) is 1.88. The minimum absolute atomic E-state index is 0.0380. The number of esters is 1. The fourth-order valence-electron chi connectivity index (χ4n) is 1.63. The summed E-state index contributed by atoms with van der Waals surface area (Å²) in [5, 5.41) is 10.4. The molecule has 7 nitrogen and oxygen atoms in total. The lowest BCUT2D eigenvalue weighted by Crippen LogP contribution is -2.15. The first-order chi connectivity index (χ1) is 11.0. The second kappa shape index (κ2) is 7.73. The Balaban J connectivity index is 1.96. The zero-order valence-corrected chi connectivity index (χ0v) is 13.3. The van der Waals surface area contributed by atoms with Gasteiger partial charge in [0.2, 0.25) is 11.8 Å². The number of anilines is 1.